The molecule has 2 bridgehead atoms. The second-order valence-corrected chi connectivity index (χ2v) is 7.39. The van der Waals surface area contributed by atoms with Crippen molar-refractivity contribution in [3.05, 3.63) is 65.2 Å². The summed E-state index contributed by atoms with van der Waals surface area (Å²) in [6.45, 7) is 0. The van der Waals surface area contributed by atoms with Crippen LogP contribution in [0.5, 0.6) is 0 Å². The first-order chi connectivity index (χ1) is 14.7. The van der Waals surface area contributed by atoms with Gasteiger partial charge in [-0.3, -0.25) is 14.4 Å². The van der Waals surface area contributed by atoms with Gasteiger partial charge in [-0.1, -0.05) is 30.3 Å². The highest BCUT2D eigenvalue weighted by Crippen LogP contribution is 2.53. The molecule has 31 heavy (non-hydrogen) atoms. The molecule has 0 radical (unpaired) electrons. The lowest BCUT2D eigenvalue weighted by molar-refractivity contribution is -0.156. The first-order valence-electron chi connectivity index (χ1n) is 9.45. The van der Waals surface area contributed by atoms with E-state index < -0.39 is 53.4 Å². The number of nitrogens with zero attached hydrogens (tertiary/aromatic N) is 1. The number of hydrogen-bond donors (Lipinski definition) is 0. The van der Waals surface area contributed by atoms with E-state index in [0.29, 0.717) is 11.1 Å². The molecule has 0 spiro atoms. The van der Waals surface area contributed by atoms with Crippen LogP contribution in [0.25, 0.3) is 0 Å². The number of hydrogen-bond acceptors (Lipinski definition) is 6. The summed E-state index contributed by atoms with van der Waals surface area (Å²) >= 11 is 0. The number of carbonyl (C=O) groups excluding carboxylic acids is 3. The Morgan fingerprint density at radius 3 is 2.13 bits per heavy atom. The number of fused-ring (bicyclic) bond motifs is 4. The van der Waals surface area contributed by atoms with Crippen LogP contribution in [0.2, 0.25) is 0 Å². The van der Waals surface area contributed by atoms with Crippen molar-refractivity contribution in [3.63, 3.8) is 0 Å². The minimum atomic E-state index is -4.60. The molecule has 0 aliphatic carbocycles. The van der Waals surface area contributed by atoms with Crippen molar-refractivity contribution in [2.24, 2.45) is 11.8 Å². The monoisotopic (exact) mass is 433 g/mol. The van der Waals surface area contributed by atoms with Crippen LogP contribution in [0.3, 0.4) is 0 Å². The second-order valence-electron chi connectivity index (χ2n) is 7.39. The first-order valence-corrected chi connectivity index (χ1v) is 9.45. The molecule has 1 saturated heterocycles. The molecule has 0 N–H and O–H groups in total. The molecule has 2 aliphatic rings. The standard InChI is InChI=1S/C22H18F3NO5/c1-30-20(28)15-16(21(29)31-2)18-19(27)14-9-4-3-8-13(14)17(15)26(18)12-7-5-6-11(10-12)22(23,24)25/h3-10,15-18H,1-2H3/t15-,16-,17+,18-/m0/s1. The van der Waals surface area contributed by atoms with E-state index in [1.165, 1.54) is 17.0 Å². The Morgan fingerprint density at radius 1 is 0.903 bits per heavy atom. The molecule has 0 unspecified atom stereocenters. The molecule has 2 aromatic rings. The molecule has 6 nitrogen and oxygen atoms in total. The van der Waals surface area contributed by atoms with Gasteiger partial charge in [0.1, 0.15) is 12.0 Å². The molecule has 0 saturated carbocycles. The number of anilines is 1. The van der Waals surface area contributed by atoms with Crippen LogP contribution >= 0.6 is 0 Å². The third-order valence-electron chi connectivity index (χ3n) is 5.90. The Morgan fingerprint density at radius 2 is 1.52 bits per heavy atom. The predicted octanol–water partition coefficient (Wildman–Crippen LogP) is 3.41. The summed E-state index contributed by atoms with van der Waals surface area (Å²) in [5.41, 5.74) is -0.0584. The molecule has 1 fully saturated rings. The minimum absolute atomic E-state index is 0.0768. The lowest BCUT2D eigenvalue weighted by Crippen LogP contribution is -2.46. The number of methoxy groups -OCH3 is 2. The van der Waals surface area contributed by atoms with Gasteiger partial charge in [0.15, 0.2) is 5.78 Å². The normalized spacial score (nSPS) is 24.5. The van der Waals surface area contributed by atoms with E-state index in [9.17, 15) is 27.6 Å². The summed E-state index contributed by atoms with van der Waals surface area (Å²) in [5, 5.41) is 0. The maximum Gasteiger partial charge on any atom is 0.416 e. The molecule has 162 valence electrons. The molecular weight excluding hydrogens is 415 g/mol. The largest absolute Gasteiger partial charge is 0.469 e. The van der Waals surface area contributed by atoms with Crippen LogP contribution in [-0.4, -0.2) is 38.0 Å². The van der Waals surface area contributed by atoms with Gasteiger partial charge in [-0.2, -0.15) is 13.2 Å². The molecular formula is C22H18F3NO5. The van der Waals surface area contributed by atoms with Crippen molar-refractivity contribution in [1.82, 2.24) is 0 Å². The minimum Gasteiger partial charge on any atom is -0.469 e. The van der Waals surface area contributed by atoms with Gasteiger partial charge < -0.3 is 14.4 Å². The summed E-state index contributed by atoms with van der Waals surface area (Å²) in [4.78, 5) is 40.3. The van der Waals surface area contributed by atoms with Crippen LogP contribution in [0.15, 0.2) is 48.5 Å². The summed E-state index contributed by atoms with van der Waals surface area (Å²) < 4.78 is 49.8. The quantitative estimate of drug-likeness (QED) is 0.691. The summed E-state index contributed by atoms with van der Waals surface area (Å²) in [7, 11) is 2.28. The van der Waals surface area contributed by atoms with E-state index >= 15 is 0 Å². The molecule has 4 rings (SSSR count). The van der Waals surface area contributed by atoms with E-state index in [1.807, 2.05) is 0 Å². The SMILES string of the molecule is COC(=O)[C@H]1[C@H](C(=O)OC)[C@H]2c3ccccc3C(=O)[C@H]1N2c1cccc(C(F)(F)F)c1. The van der Waals surface area contributed by atoms with E-state index in [4.69, 9.17) is 9.47 Å². The van der Waals surface area contributed by atoms with Crippen molar-refractivity contribution >= 4 is 23.4 Å². The smallest absolute Gasteiger partial charge is 0.416 e. The summed E-state index contributed by atoms with van der Waals surface area (Å²) in [6, 6.07) is 8.91. The van der Waals surface area contributed by atoms with Gasteiger partial charge in [0.2, 0.25) is 0 Å². The van der Waals surface area contributed by atoms with Crippen molar-refractivity contribution in [1.29, 1.82) is 0 Å². The van der Waals surface area contributed by atoms with Crippen molar-refractivity contribution in [2.75, 3.05) is 19.1 Å². The van der Waals surface area contributed by atoms with Crippen LogP contribution < -0.4 is 4.90 Å². The second kappa shape index (κ2) is 7.40. The van der Waals surface area contributed by atoms with E-state index in [1.54, 1.807) is 24.3 Å². The fourth-order valence-electron chi connectivity index (χ4n) is 4.67. The first kappa shape index (κ1) is 20.9. The number of Topliss-reactive ketones (excluding diaryl/α,β-unsaturated/α-hetero) is 1. The highest BCUT2D eigenvalue weighted by Gasteiger charge is 2.62. The van der Waals surface area contributed by atoms with E-state index in [2.05, 4.69) is 0 Å². The maximum absolute atomic E-state index is 13.4. The van der Waals surface area contributed by atoms with E-state index in [-0.39, 0.29) is 5.69 Å². The number of halogens is 3. The Labute approximate surface area is 175 Å². The molecule has 0 amide bonds. The lowest BCUT2D eigenvalue weighted by atomic mass is 9.86. The van der Waals surface area contributed by atoms with Gasteiger partial charge in [-0.15, -0.1) is 0 Å². The lowest BCUT2D eigenvalue weighted by Gasteiger charge is -2.38. The van der Waals surface area contributed by atoms with Crippen LogP contribution in [0.1, 0.15) is 27.5 Å². The van der Waals surface area contributed by atoms with Crippen molar-refractivity contribution in [2.45, 2.75) is 18.3 Å². The molecule has 2 aliphatic heterocycles. The number of alkyl halides is 3. The van der Waals surface area contributed by atoms with Gasteiger partial charge in [0.05, 0.1) is 31.7 Å². The predicted molar refractivity (Wildman–Crippen MR) is 102 cm³/mol. The van der Waals surface area contributed by atoms with Gasteiger partial charge in [-0.05, 0) is 23.8 Å². The highest BCUT2D eigenvalue weighted by atomic mass is 19.4. The van der Waals surface area contributed by atoms with Crippen LogP contribution in [-0.2, 0) is 25.2 Å². The maximum atomic E-state index is 13.4. The average Bonchev–Trinajstić information content (AvgIpc) is 3.07. The fourth-order valence-corrected chi connectivity index (χ4v) is 4.67. The number of benzene rings is 2. The topological polar surface area (TPSA) is 72.9 Å². The van der Waals surface area contributed by atoms with Gasteiger partial charge in [0, 0.05) is 11.3 Å². The Balaban J connectivity index is 1.97. The number of ketones is 1. The zero-order valence-corrected chi connectivity index (χ0v) is 16.6. The zero-order chi connectivity index (χ0) is 22.5. The number of esters is 2. The molecule has 4 atom stereocenters. The third-order valence-corrected chi connectivity index (χ3v) is 5.90. The summed E-state index contributed by atoms with van der Waals surface area (Å²) in [5.74, 6) is -4.39. The Bertz CT molecular complexity index is 1070. The van der Waals surface area contributed by atoms with Gasteiger partial charge in [-0.25, -0.2) is 0 Å². The highest BCUT2D eigenvalue weighted by molar-refractivity contribution is 6.10. The Hall–Kier alpha value is -3.36. The average molecular weight is 433 g/mol. The molecule has 0 aromatic heterocycles. The Kier molecular flexibility index (Phi) is 4.99. The van der Waals surface area contributed by atoms with Gasteiger partial charge >= 0.3 is 18.1 Å². The third kappa shape index (κ3) is 3.15. The number of ether oxygens (including phenoxy) is 2. The molecule has 2 aromatic carbocycles. The van der Waals surface area contributed by atoms with Crippen molar-refractivity contribution in [3.8, 4) is 0 Å². The molecule has 2 heterocycles. The van der Waals surface area contributed by atoms with Crippen LogP contribution in [0, 0.1) is 11.8 Å². The number of rotatable bonds is 3. The van der Waals surface area contributed by atoms with E-state index in [0.717, 1.165) is 26.4 Å². The van der Waals surface area contributed by atoms with Gasteiger partial charge in [0.25, 0.3) is 0 Å². The molecule has 9 heteroatoms. The number of carbonyl (C=O) groups is 3. The fraction of sp³-hybridized carbons (Fsp3) is 0.318. The van der Waals surface area contributed by atoms with Crippen LogP contribution in [0.4, 0.5) is 18.9 Å². The summed E-state index contributed by atoms with van der Waals surface area (Å²) in [6.07, 6.45) is -4.60. The van der Waals surface area contributed by atoms with Crippen molar-refractivity contribution < 1.29 is 37.0 Å². The zero-order valence-electron chi connectivity index (χ0n) is 16.6.